The van der Waals surface area contributed by atoms with Crippen molar-refractivity contribution in [3.63, 3.8) is 0 Å². The predicted octanol–water partition coefficient (Wildman–Crippen LogP) is 3.10. The Labute approximate surface area is 177 Å². The first-order valence-corrected chi connectivity index (χ1v) is 9.79. The van der Waals surface area contributed by atoms with E-state index in [9.17, 15) is 14.9 Å². The zero-order valence-corrected chi connectivity index (χ0v) is 17.0. The van der Waals surface area contributed by atoms with Crippen LogP contribution in [0.25, 0.3) is 5.69 Å². The number of carbonyl (C=O) groups excluding carboxylic acids is 1. The van der Waals surface area contributed by atoms with Gasteiger partial charge < -0.3 is 9.80 Å². The molecule has 9 nitrogen and oxygen atoms in total. The smallest absolute Gasteiger partial charge is 0.276 e. The SMILES string of the molecule is Cc1c(C(=O)N2CCN(c3cccc([N+](=O)[O-])c3)CC2)nnn1-c1cccc(Cl)c1. The van der Waals surface area contributed by atoms with Crippen LogP contribution in [0.1, 0.15) is 16.2 Å². The molecular weight excluding hydrogens is 408 g/mol. The second kappa shape index (κ2) is 8.11. The normalized spacial score (nSPS) is 14.1. The molecule has 2 aromatic carbocycles. The van der Waals surface area contributed by atoms with Crippen molar-refractivity contribution in [2.75, 3.05) is 31.1 Å². The van der Waals surface area contributed by atoms with E-state index in [1.54, 1.807) is 40.8 Å². The molecule has 0 radical (unpaired) electrons. The average Bonchev–Trinajstić information content (AvgIpc) is 3.14. The van der Waals surface area contributed by atoms with Crippen LogP contribution in [0.4, 0.5) is 11.4 Å². The molecule has 3 aromatic rings. The Morgan fingerprint density at radius 1 is 1.07 bits per heavy atom. The standard InChI is InChI=1S/C20H19ClN6O3/c1-14-19(22-23-26(14)17-6-2-4-15(21)12-17)20(28)25-10-8-24(9-11-25)16-5-3-7-18(13-16)27(29)30/h2-7,12-13H,8-11H2,1H3. The van der Waals surface area contributed by atoms with E-state index in [1.165, 1.54) is 6.07 Å². The van der Waals surface area contributed by atoms with Gasteiger partial charge in [0.1, 0.15) is 0 Å². The lowest BCUT2D eigenvalue weighted by molar-refractivity contribution is -0.384. The zero-order chi connectivity index (χ0) is 21.3. The Hall–Kier alpha value is -3.46. The third-order valence-corrected chi connectivity index (χ3v) is 5.36. The Morgan fingerprint density at radius 3 is 2.47 bits per heavy atom. The summed E-state index contributed by atoms with van der Waals surface area (Å²) < 4.78 is 1.60. The van der Waals surface area contributed by atoms with Gasteiger partial charge in [-0.1, -0.05) is 28.9 Å². The summed E-state index contributed by atoms with van der Waals surface area (Å²) in [6.45, 7) is 3.94. The van der Waals surface area contributed by atoms with Gasteiger partial charge in [0.05, 0.1) is 16.3 Å². The van der Waals surface area contributed by atoms with E-state index in [-0.39, 0.29) is 11.6 Å². The van der Waals surface area contributed by atoms with Crippen LogP contribution >= 0.6 is 11.6 Å². The van der Waals surface area contributed by atoms with Gasteiger partial charge in [-0.2, -0.15) is 0 Å². The van der Waals surface area contributed by atoms with Crippen LogP contribution in [0.5, 0.6) is 0 Å². The number of carbonyl (C=O) groups is 1. The van der Waals surface area contributed by atoms with E-state index in [4.69, 9.17) is 11.6 Å². The highest BCUT2D eigenvalue weighted by atomic mass is 35.5. The maximum atomic E-state index is 13.0. The van der Waals surface area contributed by atoms with Crippen molar-refractivity contribution in [1.29, 1.82) is 0 Å². The minimum Gasteiger partial charge on any atom is -0.368 e. The number of nitro groups is 1. The lowest BCUT2D eigenvalue weighted by Crippen LogP contribution is -2.49. The van der Waals surface area contributed by atoms with Crippen molar-refractivity contribution in [3.05, 3.63) is 75.1 Å². The fourth-order valence-corrected chi connectivity index (χ4v) is 3.69. The first-order valence-electron chi connectivity index (χ1n) is 9.41. The Morgan fingerprint density at radius 2 is 1.77 bits per heavy atom. The molecule has 1 aromatic heterocycles. The second-order valence-electron chi connectivity index (χ2n) is 6.97. The highest BCUT2D eigenvalue weighted by Crippen LogP contribution is 2.23. The molecule has 1 saturated heterocycles. The van der Waals surface area contributed by atoms with E-state index in [0.29, 0.717) is 42.6 Å². The number of anilines is 1. The quantitative estimate of drug-likeness (QED) is 0.469. The zero-order valence-electron chi connectivity index (χ0n) is 16.2. The average molecular weight is 427 g/mol. The largest absolute Gasteiger partial charge is 0.368 e. The maximum Gasteiger partial charge on any atom is 0.276 e. The molecule has 10 heteroatoms. The van der Waals surface area contributed by atoms with E-state index >= 15 is 0 Å². The number of piperazine rings is 1. The van der Waals surface area contributed by atoms with Crippen LogP contribution in [-0.4, -0.2) is 56.9 Å². The van der Waals surface area contributed by atoms with Crippen molar-refractivity contribution in [2.24, 2.45) is 0 Å². The Kier molecular flexibility index (Phi) is 5.37. The lowest BCUT2D eigenvalue weighted by Gasteiger charge is -2.35. The third kappa shape index (κ3) is 3.84. The topological polar surface area (TPSA) is 97.4 Å². The molecule has 1 fully saturated rings. The van der Waals surface area contributed by atoms with E-state index in [0.717, 1.165) is 11.4 Å². The van der Waals surface area contributed by atoms with Gasteiger partial charge in [0.15, 0.2) is 5.69 Å². The van der Waals surface area contributed by atoms with Gasteiger partial charge in [-0.15, -0.1) is 5.10 Å². The van der Waals surface area contributed by atoms with Crippen LogP contribution in [-0.2, 0) is 0 Å². The molecule has 0 atom stereocenters. The summed E-state index contributed by atoms with van der Waals surface area (Å²) in [5.74, 6) is -0.181. The first kappa shape index (κ1) is 19.8. The van der Waals surface area contributed by atoms with Gasteiger partial charge in [0.2, 0.25) is 0 Å². The number of rotatable bonds is 4. The Bertz CT molecular complexity index is 1110. The number of amides is 1. The molecular formula is C20H19ClN6O3. The molecule has 0 bridgehead atoms. The minimum atomic E-state index is -0.407. The van der Waals surface area contributed by atoms with Crippen molar-refractivity contribution >= 4 is 28.9 Å². The number of hydrogen-bond donors (Lipinski definition) is 0. The van der Waals surface area contributed by atoms with Gasteiger partial charge in [-0.25, -0.2) is 4.68 Å². The van der Waals surface area contributed by atoms with Crippen LogP contribution in [0.15, 0.2) is 48.5 Å². The van der Waals surface area contributed by atoms with Crippen LogP contribution in [0.3, 0.4) is 0 Å². The van der Waals surface area contributed by atoms with Crippen LogP contribution in [0, 0.1) is 17.0 Å². The molecule has 4 rings (SSSR count). The summed E-state index contributed by atoms with van der Waals surface area (Å²) in [7, 11) is 0. The molecule has 154 valence electrons. The number of non-ortho nitro benzene ring substituents is 1. The minimum absolute atomic E-state index is 0.0549. The summed E-state index contributed by atoms with van der Waals surface area (Å²) in [4.78, 5) is 27.4. The summed E-state index contributed by atoms with van der Waals surface area (Å²) >= 11 is 6.05. The Balaban J connectivity index is 1.46. The highest BCUT2D eigenvalue weighted by molar-refractivity contribution is 6.30. The van der Waals surface area contributed by atoms with E-state index in [2.05, 4.69) is 10.3 Å². The predicted molar refractivity (Wildman–Crippen MR) is 112 cm³/mol. The number of benzene rings is 2. The number of hydrogen-bond acceptors (Lipinski definition) is 6. The number of nitro benzene ring substituents is 1. The molecule has 1 aliphatic heterocycles. The molecule has 0 saturated carbocycles. The van der Waals surface area contributed by atoms with Gasteiger partial charge in [0, 0.05) is 49.0 Å². The van der Waals surface area contributed by atoms with Gasteiger partial charge in [0.25, 0.3) is 11.6 Å². The second-order valence-corrected chi connectivity index (χ2v) is 7.41. The van der Waals surface area contributed by atoms with Crippen molar-refractivity contribution in [3.8, 4) is 5.69 Å². The number of aromatic nitrogens is 3. The van der Waals surface area contributed by atoms with E-state index < -0.39 is 4.92 Å². The summed E-state index contributed by atoms with van der Waals surface area (Å²) in [6, 6.07) is 13.7. The first-order chi connectivity index (χ1) is 14.4. The van der Waals surface area contributed by atoms with Crippen molar-refractivity contribution in [2.45, 2.75) is 6.92 Å². The van der Waals surface area contributed by atoms with Crippen LogP contribution < -0.4 is 4.90 Å². The van der Waals surface area contributed by atoms with E-state index in [1.807, 2.05) is 23.1 Å². The molecule has 30 heavy (non-hydrogen) atoms. The lowest BCUT2D eigenvalue weighted by atomic mass is 10.2. The fraction of sp³-hybridized carbons (Fsp3) is 0.250. The molecule has 2 heterocycles. The summed E-state index contributed by atoms with van der Waals surface area (Å²) in [6.07, 6.45) is 0. The highest BCUT2D eigenvalue weighted by Gasteiger charge is 2.27. The molecule has 0 unspecified atom stereocenters. The molecule has 0 aliphatic carbocycles. The van der Waals surface area contributed by atoms with Crippen molar-refractivity contribution in [1.82, 2.24) is 19.9 Å². The van der Waals surface area contributed by atoms with Crippen LogP contribution in [0.2, 0.25) is 5.02 Å². The monoisotopic (exact) mass is 426 g/mol. The molecule has 1 aliphatic rings. The summed E-state index contributed by atoms with van der Waals surface area (Å²) in [5.41, 5.74) is 2.52. The molecule has 0 spiro atoms. The number of halogens is 1. The van der Waals surface area contributed by atoms with Gasteiger partial charge >= 0.3 is 0 Å². The third-order valence-electron chi connectivity index (χ3n) is 5.12. The van der Waals surface area contributed by atoms with Gasteiger partial charge in [-0.05, 0) is 31.2 Å². The number of nitrogens with zero attached hydrogens (tertiary/aromatic N) is 6. The fourth-order valence-electron chi connectivity index (χ4n) is 3.50. The molecule has 0 N–H and O–H groups in total. The van der Waals surface area contributed by atoms with Gasteiger partial charge in [-0.3, -0.25) is 14.9 Å². The van der Waals surface area contributed by atoms with Crippen molar-refractivity contribution < 1.29 is 9.72 Å². The summed E-state index contributed by atoms with van der Waals surface area (Å²) in [5, 5.41) is 19.8. The molecule has 1 amide bonds. The maximum absolute atomic E-state index is 13.0.